The van der Waals surface area contributed by atoms with Gasteiger partial charge in [0.1, 0.15) is 73.8 Å². The van der Waals surface area contributed by atoms with Gasteiger partial charge in [0, 0.05) is 0 Å². The third kappa shape index (κ3) is 6.21. The molecule has 0 aromatic rings. The molecule has 0 aliphatic carbocycles. The number of phosphoric ester groups is 1. The molecule has 0 aromatic heterocycles. The van der Waals surface area contributed by atoms with Gasteiger partial charge in [0.05, 0.1) is 19.8 Å². The molecule has 3 rings (SSSR count). The number of aliphatic hydroxyl groups is 11. The summed E-state index contributed by atoms with van der Waals surface area (Å²) < 4.78 is 43.1. The maximum absolute atomic E-state index is 12.8. The van der Waals surface area contributed by atoms with Crippen LogP contribution in [0.1, 0.15) is 0 Å². The van der Waals surface area contributed by atoms with Gasteiger partial charge >= 0.3 is 7.82 Å². The lowest BCUT2D eigenvalue weighted by atomic mass is 9.99. The minimum atomic E-state index is -5.53. The van der Waals surface area contributed by atoms with Gasteiger partial charge < -0.3 is 80.0 Å². The van der Waals surface area contributed by atoms with Crippen LogP contribution in [0.2, 0.25) is 0 Å². The standard InChI is InChI=1S/C18H33O19P/c19-1-5-8(23)11(26)13(16(29)32-5)36-38(30,31)37-14-12(27)9(24)6(2-20)33-17(14)35-18(4-22)15(28)10(25)7(3-21)34-18/h5-17,19-29H,1-4H2,(H,30,31)/t5-,6-,7-,8-,9-,10-,11+,12+,13-,14-,15+,16?,17-,18+/m1/s1. The Hall–Kier alpha value is -0.490. The minimum Gasteiger partial charge on any atom is -0.394 e. The normalized spacial score (nSPS) is 49.6. The van der Waals surface area contributed by atoms with Crippen molar-refractivity contribution in [3.05, 3.63) is 0 Å². The highest BCUT2D eigenvalue weighted by molar-refractivity contribution is 7.47. The Morgan fingerprint density at radius 3 is 1.68 bits per heavy atom. The highest BCUT2D eigenvalue weighted by atomic mass is 31.2. The summed E-state index contributed by atoms with van der Waals surface area (Å²) in [4.78, 5) is 10.3. The minimum absolute atomic E-state index is 0.837. The first-order valence-corrected chi connectivity index (χ1v) is 12.8. The number of aliphatic hydroxyl groups excluding tert-OH is 11. The lowest BCUT2D eigenvalue weighted by Gasteiger charge is -2.45. The largest absolute Gasteiger partial charge is 0.473 e. The van der Waals surface area contributed by atoms with E-state index in [0.29, 0.717) is 0 Å². The van der Waals surface area contributed by atoms with Crippen LogP contribution in [0.15, 0.2) is 0 Å². The van der Waals surface area contributed by atoms with E-state index in [1.165, 1.54) is 0 Å². The molecule has 20 heteroatoms. The summed E-state index contributed by atoms with van der Waals surface area (Å²) in [5.74, 6) is -2.56. The van der Waals surface area contributed by atoms with Crippen LogP contribution in [0.25, 0.3) is 0 Å². The fourth-order valence-electron chi connectivity index (χ4n) is 4.25. The highest BCUT2D eigenvalue weighted by Crippen LogP contribution is 2.50. The fourth-order valence-corrected chi connectivity index (χ4v) is 5.37. The second kappa shape index (κ2) is 12.6. The molecule has 0 amide bonds. The number of hydrogen-bond donors (Lipinski definition) is 12. The molecule has 12 N–H and O–H groups in total. The first-order valence-electron chi connectivity index (χ1n) is 11.3. The monoisotopic (exact) mass is 584 g/mol. The predicted octanol–water partition coefficient (Wildman–Crippen LogP) is -7.45. The topological polar surface area (TPSA) is 315 Å². The SMILES string of the molecule is O=P(O)(O[C@H]1[C@@H](O[C@]2(CO)O[C@H](CO)[C@@H](O)[C@@H]2O)O[C@H](CO)[C@@H](O)[C@@H]1O)O[C@H]1C(O)O[C@H](CO)[C@@H](O)[C@@H]1O. The van der Waals surface area contributed by atoms with Gasteiger partial charge in [-0.2, -0.15) is 0 Å². The van der Waals surface area contributed by atoms with Crippen LogP contribution in [0.5, 0.6) is 0 Å². The number of ether oxygens (including phenoxy) is 4. The molecular formula is C18H33O19P. The van der Waals surface area contributed by atoms with E-state index in [-0.39, 0.29) is 0 Å². The van der Waals surface area contributed by atoms with Crippen LogP contribution in [0.4, 0.5) is 0 Å². The average Bonchev–Trinajstić information content (AvgIpc) is 3.13. The predicted molar refractivity (Wildman–Crippen MR) is 112 cm³/mol. The summed E-state index contributed by atoms with van der Waals surface area (Å²) in [6, 6.07) is 0. The van der Waals surface area contributed by atoms with Gasteiger partial charge in [-0.3, -0.25) is 9.05 Å². The Morgan fingerprint density at radius 1 is 0.684 bits per heavy atom. The van der Waals surface area contributed by atoms with E-state index in [4.69, 9.17) is 33.1 Å². The average molecular weight is 584 g/mol. The Labute approximate surface area is 214 Å². The summed E-state index contributed by atoms with van der Waals surface area (Å²) >= 11 is 0. The Balaban J connectivity index is 1.84. The van der Waals surface area contributed by atoms with Crippen molar-refractivity contribution in [2.45, 2.75) is 85.5 Å². The molecule has 38 heavy (non-hydrogen) atoms. The van der Waals surface area contributed by atoms with Crippen LogP contribution >= 0.6 is 7.82 Å². The zero-order valence-electron chi connectivity index (χ0n) is 19.5. The maximum Gasteiger partial charge on any atom is 0.473 e. The van der Waals surface area contributed by atoms with Crippen LogP contribution < -0.4 is 0 Å². The van der Waals surface area contributed by atoms with E-state index < -0.39 is 120 Å². The van der Waals surface area contributed by atoms with Crippen LogP contribution in [-0.2, 0) is 32.6 Å². The van der Waals surface area contributed by atoms with Crippen molar-refractivity contribution in [1.82, 2.24) is 0 Å². The molecule has 0 bridgehead atoms. The lowest BCUT2D eigenvalue weighted by Crippen LogP contribution is -2.63. The zero-order chi connectivity index (χ0) is 28.6. The van der Waals surface area contributed by atoms with Gasteiger partial charge in [-0.1, -0.05) is 0 Å². The summed E-state index contributed by atoms with van der Waals surface area (Å²) in [6.45, 7) is -3.81. The smallest absolute Gasteiger partial charge is 0.394 e. The second-order valence-electron chi connectivity index (χ2n) is 8.91. The van der Waals surface area contributed by atoms with E-state index in [1.807, 2.05) is 0 Å². The van der Waals surface area contributed by atoms with Gasteiger partial charge in [-0.25, -0.2) is 4.57 Å². The van der Waals surface area contributed by atoms with E-state index in [2.05, 4.69) is 0 Å². The van der Waals surface area contributed by atoms with Crippen molar-refractivity contribution in [2.75, 3.05) is 26.4 Å². The molecule has 3 fully saturated rings. The molecule has 224 valence electrons. The molecular weight excluding hydrogens is 551 g/mol. The van der Waals surface area contributed by atoms with Crippen LogP contribution in [0.3, 0.4) is 0 Å². The maximum atomic E-state index is 12.8. The van der Waals surface area contributed by atoms with Crippen molar-refractivity contribution in [2.24, 2.45) is 0 Å². The van der Waals surface area contributed by atoms with E-state index in [0.717, 1.165) is 0 Å². The molecule has 3 heterocycles. The number of hydrogen-bond acceptors (Lipinski definition) is 18. The summed E-state index contributed by atoms with van der Waals surface area (Å²) in [6.07, 6.45) is -25.2. The van der Waals surface area contributed by atoms with Gasteiger partial charge in [-0.15, -0.1) is 0 Å². The summed E-state index contributed by atoms with van der Waals surface area (Å²) in [5, 5.41) is 109. The zero-order valence-corrected chi connectivity index (χ0v) is 20.4. The van der Waals surface area contributed by atoms with E-state index >= 15 is 0 Å². The summed E-state index contributed by atoms with van der Waals surface area (Å²) in [5.41, 5.74) is 0. The van der Waals surface area contributed by atoms with Gasteiger partial charge in [-0.05, 0) is 0 Å². The first kappa shape index (κ1) is 32.0. The van der Waals surface area contributed by atoms with Crippen molar-refractivity contribution in [3.8, 4) is 0 Å². The Bertz CT molecular complexity index is 821. The van der Waals surface area contributed by atoms with Crippen LogP contribution in [-0.4, -0.2) is 173 Å². The molecule has 0 saturated carbocycles. The van der Waals surface area contributed by atoms with E-state index in [9.17, 15) is 60.5 Å². The fraction of sp³-hybridized carbons (Fsp3) is 1.00. The van der Waals surface area contributed by atoms with Crippen LogP contribution in [0, 0.1) is 0 Å². The van der Waals surface area contributed by atoms with Gasteiger partial charge in [0.25, 0.3) is 0 Å². The highest BCUT2D eigenvalue weighted by Gasteiger charge is 2.59. The Kier molecular flexibility index (Phi) is 10.6. The molecule has 3 aliphatic heterocycles. The summed E-state index contributed by atoms with van der Waals surface area (Å²) in [7, 11) is -5.53. The van der Waals surface area contributed by atoms with Crippen molar-refractivity contribution in [3.63, 3.8) is 0 Å². The quantitative estimate of drug-likeness (QED) is 0.106. The number of rotatable bonds is 10. The molecule has 3 aliphatic rings. The van der Waals surface area contributed by atoms with E-state index in [1.54, 1.807) is 0 Å². The molecule has 0 spiro atoms. The third-order valence-corrected chi connectivity index (χ3v) is 7.42. The Morgan fingerprint density at radius 2 is 1.18 bits per heavy atom. The molecule has 3 saturated heterocycles. The molecule has 0 radical (unpaired) electrons. The number of phosphoric acid groups is 1. The molecule has 0 aromatic carbocycles. The molecule has 15 atom stereocenters. The van der Waals surface area contributed by atoms with Gasteiger partial charge in [0.2, 0.25) is 5.79 Å². The van der Waals surface area contributed by atoms with Crippen molar-refractivity contribution < 1.29 is 93.6 Å². The third-order valence-electron chi connectivity index (χ3n) is 6.40. The van der Waals surface area contributed by atoms with Crippen molar-refractivity contribution >= 4 is 7.82 Å². The molecule has 19 nitrogen and oxygen atoms in total. The second-order valence-corrected chi connectivity index (χ2v) is 10.3. The lowest BCUT2D eigenvalue weighted by molar-refractivity contribution is -0.382. The first-order chi connectivity index (χ1) is 17.8. The molecule has 2 unspecified atom stereocenters. The van der Waals surface area contributed by atoms with Crippen molar-refractivity contribution in [1.29, 1.82) is 0 Å². The van der Waals surface area contributed by atoms with Gasteiger partial charge in [0.15, 0.2) is 12.6 Å².